The molecule has 1 aliphatic heterocycles. The Labute approximate surface area is 219 Å². The molecule has 9 heteroatoms. The SMILES string of the molecule is O=C(O)CN1C(=O)C(NCC(O)C(Cc2ccccc2)NC(=O)c2ccccc2)CSc2ccccc21. The molecule has 0 saturated heterocycles. The average Bonchev–Trinajstić information content (AvgIpc) is 3.04. The number of fused-ring (bicyclic) bond motifs is 1. The van der Waals surface area contributed by atoms with E-state index in [-0.39, 0.29) is 18.4 Å². The molecule has 3 aromatic rings. The summed E-state index contributed by atoms with van der Waals surface area (Å²) in [7, 11) is 0. The van der Waals surface area contributed by atoms with Crippen LogP contribution in [0.15, 0.2) is 89.8 Å². The number of nitrogens with one attached hydrogen (secondary N) is 2. The number of thioether (sulfide) groups is 1. The van der Waals surface area contributed by atoms with E-state index in [4.69, 9.17) is 0 Å². The van der Waals surface area contributed by atoms with Crippen molar-refractivity contribution in [1.29, 1.82) is 0 Å². The zero-order valence-corrected chi connectivity index (χ0v) is 20.9. The fraction of sp³-hybridized carbons (Fsp3) is 0.250. The highest BCUT2D eigenvalue weighted by Crippen LogP contribution is 2.34. The zero-order valence-electron chi connectivity index (χ0n) is 20.1. The molecule has 0 aromatic heterocycles. The van der Waals surface area contributed by atoms with Gasteiger partial charge in [-0.1, -0.05) is 60.7 Å². The van der Waals surface area contributed by atoms with Crippen LogP contribution in [-0.4, -0.2) is 65.0 Å². The van der Waals surface area contributed by atoms with E-state index in [1.807, 2.05) is 48.5 Å². The summed E-state index contributed by atoms with van der Waals surface area (Å²) in [5.41, 5.74) is 1.99. The minimum Gasteiger partial charge on any atom is -0.480 e. The van der Waals surface area contributed by atoms with Crippen molar-refractivity contribution in [1.82, 2.24) is 10.6 Å². The lowest BCUT2D eigenvalue weighted by Gasteiger charge is -2.28. The topological polar surface area (TPSA) is 119 Å². The van der Waals surface area contributed by atoms with Crippen molar-refractivity contribution in [2.45, 2.75) is 29.5 Å². The number of amides is 2. The number of carbonyl (C=O) groups is 3. The van der Waals surface area contributed by atoms with Crippen LogP contribution in [0, 0.1) is 0 Å². The van der Waals surface area contributed by atoms with Gasteiger partial charge in [0, 0.05) is 22.8 Å². The molecule has 1 heterocycles. The van der Waals surface area contributed by atoms with Gasteiger partial charge < -0.3 is 20.8 Å². The number of benzene rings is 3. The Morgan fingerprint density at radius 3 is 2.32 bits per heavy atom. The van der Waals surface area contributed by atoms with Gasteiger partial charge in [-0.25, -0.2) is 0 Å². The summed E-state index contributed by atoms with van der Waals surface area (Å²) < 4.78 is 0. The first kappa shape index (κ1) is 26.4. The largest absolute Gasteiger partial charge is 0.480 e. The lowest BCUT2D eigenvalue weighted by Crippen LogP contribution is -2.54. The first-order valence-corrected chi connectivity index (χ1v) is 13.0. The van der Waals surface area contributed by atoms with Gasteiger partial charge in [-0.15, -0.1) is 11.8 Å². The summed E-state index contributed by atoms with van der Waals surface area (Å²) >= 11 is 1.45. The number of aliphatic hydroxyl groups excluding tert-OH is 1. The summed E-state index contributed by atoms with van der Waals surface area (Å²) in [5.74, 6) is -1.41. The van der Waals surface area contributed by atoms with Crippen LogP contribution in [0.3, 0.4) is 0 Å². The minimum atomic E-state index is -1.11. The van der Waals surface area contributed by atoms with Gasteiger partial charge in [0.15, 0.2) is 0 Å². The second kappa shape index (κ2) is 12.5. The van der Waals surface area contributed by atoms with Crippen LogP contribution in [0.25, 0.3) is 0 Å². The molecule has 37 heavy (non-hydrogen) atoms. The monoisotopic (exact) mass is 519 g/mol. The van der Waals surface area contributed by atoms with E-state index < -0.39 is 30.7 Å². The third-order valence-electron chi connectivity index (χ3n) is 6.11. The summed E-state index contributed by atoms with van der Waals surface area (Å²) in [4.78, 5) is 39.7. The Morgan fingerprint density at radius 2 is 1.62 bits per heavy atom. The molecule has 0 aliphatic carbocycles. The molecule has 4 N–H and O–H groups in total. The highest BCUT2D eigenvalue weighted by molar-refractivity contribution is 7.99. The molecule has 2 amide bonds. The third kappa shape index (κ3) is 6.97. The Bertz CT molecular complexity index is 1220. The number of carbonyl (C=O) groups excluding carboxylic acids is 2. The van der Waals surface area contributed by atoms with Gasteiger partial charge in [0.2, 0.25) is 5.91 Å². The lowest BCUT2D eigenvalue weighted by atomic mass is 10.00. The smallest absolute Gasteiger partial charge is 0.323 e. The van der Waals surface area contributed by atoms with E-state index in [2.05, 4.69) is 10.6 Å². The fourth-order valence-electron chi connectivity index (χ4n) is 4.20. The van der Waals surface area contributed by atoms with Crippen LogP contribution in [-0.2, 0) is 16.0 Å². The summed E-state index contributed by atoms with van der Waals surface area (Å²) in [5, 5.41) is 26.6. The molecule has 0 saturated carbocycles. The van der Waals surface area contributed by atoms with Gasteiger partial charge in [-0.3, -0.25) is 19.3 Å². The standard InChI is InChI=1S/C28H29N3O5S/c32-24(21(15-19-9-3-1-4-10-19)30-27(35)20-11-5-2-6-12-20)16-29-22-18-37-25-14-8-7-13-23(25)31(28(22)36)17-26(33)34/h1-14,21-22,24,29,32H,15-18H2,(H,30,35)(H,33,34). The van der Waals surface area contributed by atoms with Gasteiger partial charge >= 0.3 is 5.97 Å². The summed E-state index contributed by atoms with van der Waals surface area (Å²) in [6, 6.07) is 24.2. The number of anilines is 1. The quantitative estimate of drug-likeness (QED) is 0.325. The molecule has 3 aromatic carbocycles. The van der Waals surface area contributed by atoms with Crippen molar-refractivity contribution in [2.24, 2.45) is 0 Å². The van der Waals surface area contributed by atoms with E-state index in [1.165, 1.54) is 16.7 Å². The maximum Gasteiger partial charge on any atom is 0.323 e. The maximum absolute atomic E-state index is 13.3. The van der Waals surface area contributed by atoms with E-state index in [9.17, 15) is 24.6 Å². The second-order valence-electron chi connectivity index (χ2n) is 8.76. The van der Waals surface area contributed by atoms with Crippen LogP contribution < -0.4 is 15.5 Å². The number of hydrogen-bond donors (Lipinski definition) is 4. The van der Waals surface area contributed by atoms with Gasteiger partial charge in [0.05, 0.1) is 23.9 Å². The van der Waals surface area contributed by atoms with Crippen LogP contribution >= 0.6 is 11.8 Å². The van der Waals surface area contributed by atoms with E-state index in [0.29, 0.717) is 23.4 Å². The van der Waals surface area contributed by atoms with E-state index in [1.54, 1.807) is 36.4 Å². The summed E-state index contributed by atoms with van der Waals surface area (Å²) in [6.07, 6.45) is -0.615. The van der Waals surface area contributed by atoms with Crippen molar-refractivity contribution in [3.05, 3.63) is 96.1 Å². The van der Waals surface area contributed by atoms with Gasteiger partial charge in [-0.2, -0.15) is 0 Å². The van der Waals surface area contributed by atoms with Crippen LogP contribution in [0.2, 0.25) is 0 Å². The maximum atomic E-state index is 13.3. The number of nitrogens with zero attached hydrogens (tertiary/aromatic N) is 1. The number of hydrogen-bond acceptors (Lipinski definition) is 6. The van der Waals surface area contributed by atoms with Crippen LogP contribution in [0.5, 0.6) is 0 Å². The number of carboxylic acids is 1. The molecule has 0 radical (unpaired) electrons. The highest BCUT2D eigenvalue weighted by atomic mass is 32.2. The second-order valence-corrected chi connectivity index (χ2v) is 9.82. The first-order chi connectivity index (χ1) is 17.9. The van der Waals surface area contributed by atoms with Crippen LogP contribution in [0.1, 0.15) is 15.9 Å². The average molecular weight is 520 g/mol. The van der Waals surface area contributed by atoms with Gasteiger partial charge in [-0.05, 0) is 36.2 Å². The Hall–Kier alpha value is -3.66. The molecule has 1 aliphatic rings. The van der Waals surface area contributed by atoms with Gasteiger partial charge in [0.1, 0.15) is 6.54 Å². The molecule has 3 unspecified atom stereocenters. The fourth-order valence-corrected chi connectivity index (χ4v) is 5.30. The molecular weight excluding hydrogens is 490 g/mol. The Morgan fingerprint density at radius 1 is 0.973 bits per heavy atom. The molecule has 4 rings (SSSR count). The minimum absolute atomic E-state index is 0.0286. The van der Waals surface area contributed by atoms with E-state index in [0.717, 1.165) is 10.5 Å². The van der Waals surface area contributed by atoms with Crippen LogP contribution in [0.4, 0.5) is 5.69 Å². The molecule has 0 spiro atoms. The van der Waals surface area contributed by atoms with Crippen molar-refractivity contribution < 1.29 is 24.6 Å². The van der Waals surface area contributed by atoms with Crippen molar-refractivity contribution in [2.75, 3.05) is 23.7 Å². The number of aliphatic carboxylic acids is 1. The number of rotatable bonds is 10. The number of carboxylic acid groups (broad SMARTS) is 1. The van der Waals surface area contributed by atoms with Gasteiger partial charge in [0.25, 0.3) is 5.91 Å². The normalized spacial score (nSPS) is 16.8. The van der Waals surface area contributed by atoms with E-state index >= 15 is 0 Å². The molecule has 192 valence electrons. The predicted molar refractivity (Wildman–Crippen MR) is 143 cm³/mol. The number of para-hydroxylation sites is 1. The Balaban J connectivity index is 1.48. The third-order valence-corrected chi connectivity index (χ3v) is 7.26. The van der Waals surface area contributed by atoms with Crippen molar-refractivity contribution >= 4 is 35.2 Å². The highest BCUT2D eigenvalue weighted by Gasteiger charge is 2.33. The molecule has 0 fully saturated rings. The zero-order chi connectivity index (χ0) is 26.2. The van der Waals surface area contributed by atoms with Crippen molar-refractivity contribution in [3.63, 3.8) is 0 Å². The lowest BCUT2D eigenvalue weighted by molar-refractivity contribution is -0.136. The van der Waals surface area contributed by atoms with Crippen molar-refractivity contribution in [3.8, 4) is 0 Å². The summed E-state index contributed by atoms with van der Waals surface area (Å²) in [6.45, 7) is -0.429. The number of aliphatic hydroxyl groups is 1. The molecule has 0 bridgehead atoms. The molecular formula is C28H29N3O5S. The first-order valence-electron chi connectivity index (χ1n) is 12.0. The molecule has 8 nitrogen and oxygen atoms in total. The Kier molecular flexibility index (Phi) is 8.95. The predicted octanol–water partition coefficient (Wildman–Crippen LogP) is 2.57. The molecule has 3 atom stereocenters.